The van der Waals surface area contributed by atoms with Crippen molar-refractivity contribution in [3.05, 3.63) is 34.4 Å². The van der Waals surface area contributed by atoms with Gasteiger partial charge in [0.15, 0.2) is 0 Å². The van der Waals surface area contributed by atoms with Gasteiger partial charge in [0, 0.05) is 0 Å². The fourth-order valence-corrected chi connectivity index (χ4v) is 2.71. The van der Waals surface area contributed by atoms with Crippen LogP contribution in [0.2, 0.25) is 0 Å². The quantitative estimate of drug-likeness (QED) is 0.644. The zero-order valence-corrected chi connectivity index (χ0v) is 12.2. The van der Waals surface area contributed by atoms with Gasteiger partial charge in [0.1, 0.15) is 0 Å². The monoisotopic (exact) mass is 247 g/mol. The third-order valence-corrected chi connectivity index (χ3v) is 3.42. The van der Waals surface area contributed by atoms with E-state index in [-0.39, 0.29) is 6.61 Å². The Bertz CT molecular complexity index is 328. The topological polar surface area (TPSA) is 19.9 Å². The molecule has 0 aliphatic carbocycles. The van der Waals surface area contributed by atoms with Gasteiger partial charge in [-0.3, -0.25) is 0 Å². The van der Waals surface area contributed by atoms with Crippen LogP contribution < -0.4 is 0 Å². The van der Waals surface area contributed by atoms with Gasteiger partial charge in [-0.1, -0.05) is 52.2 Å². The molecular weight excluding hydrogens is 220 g/mol. The van der Waals surface area contributed by atoms with Crippen LogP contribution in [-0.2, 0) is 30.8 Å². The number of benzene rings is 1. The average Bonchev–Trinajstić information content (AvgIpc) is 2.34. The lowest BCUT2D eigenvalue weighted by Gasteiger charge is -2.16. The second-order valence-corrected chi connectivity index (χ2v) is 5.10. The Morgan fingerprint density at radius 2 is 1.28 bits per heavy atom. The van der Waals surface area contributed by atoms with E-state index < -0.39 is 0 Å². The van der Waals surface area contributed by atoms with Crippen LogP contribution in [0.4, 0.5) is 0 Å². The van der Waals surface area contributed by atoms with E-state index in [1.807, 2.05) is 0 Å². The van der Waals surface area contributed by atoms with E-state index in [2.05, 4.69) is 32.9 Å². The van der Waals surface area contributed by atoms with E-state index >= 15 is 0 Å². The minimum absolute atomic E-state index is 0.0144. The molecule has 0 unspecified atom stereocenters. The third kappa shape index (κ3) is 4.13. The molecule has 0 heterocycles. The molecule has 0 aliphatic rings. The lowest BCUT2D eigenvalue weighted by atomic mass is 9.90. The summed E-state index contributed by atoms with van der Waals surface area (Å²) in [5, 5.41) is 11.0. The van der Waals surface area contributed by atoms with Crippen LogP contribution in [0, 0.1) is 0 Å². The van der Waals surface area contributed by atoms with E-state index in [0.29, 0.717) is 6.42 Å². The maximum Gasteiger partial charge on any atom is 0.0862 e. The molecular formula is C17H27O. The second-order valence-electron chi connectivity index (χ2n) is 5.10. The zero-order valence-electron chi connectivity index (χ0n) is 12.2. The first-order chi connectivity index (χ1) is 8.76. The Morgan fingerprint density at radius 3 is 1.67 bits per heavy atom. The molecule has 1 rings (SSSR count). The van der Waals surface area contributed by atoms with Crippen molar-refractivity contribution in [3.63, 3.8) is 0 Å². The van der Waals surface area contributed by atoms with E-state index in [4.69, 9.17) is 0 Å². The molecule has 0 fully saturated rings. The summed E-state index contributed by atoms with van der Waals surface area (Å²) in [5.74, 6) is 0. The second kappa shape index (κ2) is 8.31. The van der Waals surface area contributed by atoms with Gasteiger partial charge in [-0.05, 0) is 47.9 Å². The molecule has 1 aromatic carbocycles. The van der Waals surface area contributed by atoms with Crippen molar-refractivity contribution in [1.82, 2.24) is 0 Å². The Hall–Kier alpha value is -0.820. The summed E-state index contributed by atoms with van der Waals surface area (Å²) in [5.41, 5.74) is 5.68. The summed E-state index contributed by atoms with van der Waals surface area (Å²) in [7, 11) is 0. The van der Waals surface area contributed by atoms with E-state index in [0.717, 1.165) is 32.1 Å². The molecule has 0 atom stereocenters. The fourth-order valence-electron chi connectivity index (χ4n) is 2.71. The Balaban J connectivity index is 3.15. The molecule has 0 spiro atoms. The molecule has 101 valence electrons. The predicted octanol–water partition coefficient (Wildman–Crippen LogP) is 4.52. The Labute approximate surface area is 112 Å². The summed E-state index contributed by atoms with van der Waals surface area (Å²) in [6.07, 6.45) is 7.60. The van der Waals surface area contributed by atoms with Crippen molar-refractivity contribution >= 4 is 0 Å². The summed E-state index contributed by atoms with van der Waals surface area (Å²) >= 11 is 0. The van der Waals surface area contributed by atoms with Crippen LogP contribution in [-0.4, -0.2) is 6.61 Å². The van der Waals surface area contributed by atoms with Crippen LogP contribution in [0.25, 0.3) is 0 Å². The van der Waals surface area contributed by atoms with Gasteiger partial charge in [-0.2, -0.15) is 0 Å². The lowest BCUT2D eigenvalue weighted by molar-refractivity contribution is 0.196. The Kier molecular flexibility index (Phi) is 7.04. The highest BCUT2D eigenvalue weighted by Crippen LogP contribution is 2.22. The predicted molar refractivity (Wildman–Crippen MR) is 77.7 cm³/mol. The number of aryl methyl sites for hydroxylation is 3. The normalized spacial score (nSPS) is 10.9. The summed E-state index contributed by atoms with van der Waals surface area (Å²) < 4.78 is 0. The number of hydrogen-bond acceptors (Lipinski definition) is 0. The average molecular weight is 247 g/mol. The van der Waals surface area contributed by atoms with Crippen molar-refractivity contribution in [2.24, 2.45) is 0 Å². The smallest absolute Gasteiger partial charge is 0.0862 e. The maximum atomic E-state index is 11.0. The fraction of sp³-hybridized carbons (Fsp3) is 0.647. The van der Waals surface area contributed by atoms with Gasteiger partial charge in [0.2, 0.25) is 0 Å². The van der Waals surface area contributed by atoms with Crippen molar-refractivity contribution in [3.8, 4) is 0 Å². The SMILES string of the molecule is CCCc1cc(CCC)c(CC[O])c(CCC)c1. The van der Waals surface area contributed by atoms with Gasteiger partial charge in [0.25, 0.3) is 0 Å². The van der Waals surface area contributed by atoms with Crippen LogP contribution in [0.5, 0.6) is 0 Å². The molecule has 1 aromatic rings. The molecule has 1 radical (unpaired) electrons. The summed E-state index contributed by atoms with van der Waals surface area (Å²) in [6, 6.07) is 4.69. The molecule has 0 saturated heterocycles. The highest BCUT2D eigenvalue weighted by atomic mass is 16.2. The maximum absolute atomic E-state index is 11.0. The molecule has 0 aromatic heterocycles. The lowest BCUT2D eigenvalue weighted by Crippen LogP contribution is -2.05. The van der Waals surface area contributed by atoms with Crippen LogP contribution >= 0.6 is 0 Å². The summed E-state index contributed by atoms with van der Waals surface area (Å²) in [6.45, 7) is 6.67. The minimum atomic E-state index is 0.0144. The van der Waals surface area contributed by atoms with E-state index in [1.54, 1.807) is 0 Å². The first-order valence-corrected chi connectivity index (χ1v) is 7.48. The minimum Gasteiger partial charge on any atom is -0.236 e. The van der Waals surface area contributed by atoms with Gasteiger partial charge in [-0.25, -0.2) is 5.11 Å². The number of hydrogen-bond donors (Lipinski definition) is 0. The first kappa shape index (κ1) is 15.2. The first-order valence-electron chi connectivity index (χ1n) is 7.48. The Morgan fingerprint density at radius 1 is 0.778 bits per heavy atom. The largest absolute Gasteiger partial charge is 0.236 e. The zero-order chi connectivity index (χ0) is 13.4. The molecule has 1 heteroatoms. The van der Waals surface area contributed by atoms with Crippen LogP contribution in [0.3, 0.4) is 0 Å². The summed E-state index contributed by atoms with van der Waals surface area (Å²) in [4.78, 5) is 0. The van der Waals surface area contributed by atoms with E-state index in [9.17, 15) is 5.11 Å². The molecule has 18 heavy (non-hydrogen) atoms. The molecule has 0 amide bonds. The molecule has 0 bridgehead atoms. The molecule has 0 N–H and O–H groups in total. The van der Waals surface area contributed by atoms with Crippen LogP contribution in [0.15, 0.2) is 12.1 Å². The highest BCUT2D eigenvalue weighted by molar-refractivity contribution is 5.40. The molecule has 0 aliphatic heterocycles. The van der Waals surface area contributed by atoms with Crippen LogP contribution in [0.1, 0.15) is 62.3 Å². The van der Waals surface area contributed by atoms with Gasteiger partial charge in [0.05, 0.1) is 6.61 Å². The van der Waals surface area contributed by atoms with Gasteiger partial charge < -0.3 is 0 Å². The third-order valence-electron chi connectivity index (χ3n) is 3.42. The van der Waals surface area contributed by atoms with Crippen molar-refractivity contribution < 1.29 is 5.11 Å². The van der Waals surface area contributed by atoms with Crippen molar-refractivity contribution in [2.45, 2.75) is 65.7 Å². The van der Waals surface area contributed by atoms with Crippen molar-refractivity contribution in [2.75, 3.05) is 6.61 Å². The van der Waals surface area contributed by atoms with Gasteiger partial charge >= 0.3 is 0 Å². The van der Waals surface area contributed by atoms with Crippen molar-refractivity contribution in [1.29, 1.82) is 0 Å². The molecule has 1 nitrogen and oxygen atoms in total. The molecule has 0 saturated carbocycles. The van der Waals surface area contributed by atoms with E-state index in [1.165, 1.54) is 28.7 Å². The van der Waals surface area contributed by atoms with Gasteiger partial charge in [-0.15, -0.1) is 0 Å². The highest BCUT2D eigenvalue weighted by Gasteiger charge is 2.10. The number of rotatable bonds is 8. The standard InChI is InChI=1S/C17H27O/c1-4-7-14-12-15(8-5-2)17(10-11-18)16(13-14)9-6-3/h12-13H,4-11H2,1-3H3.